The zero-order valence-electron chi connectivity index (χ0n) is 17.9. The molecular formula is C25H35N3O. The summed E-state index contributed by atoms with van der Waals surface area (Å²) in [6.45, 7) is 10.2. The van der Waals surface area contributed by atoms with Crippen molar-refractivity contribution in [3.63, 3.8) is 0 Å². The van der Waals surface area contributed by atoms with Gasteiger partial charge in [0.2, 0.25) is 0 Å². The minimum atomic E-state index is 0.00242. The van der Waals surface area contributed by atoms with Crippen molar-refractivity contribution in [1.29, 1.82) is 0 Å². The second-order valence-electron chi connectivity index (χ2n) is 7.89. The number of likely N-dealkylation sites (tertiary alicyclic amines) is 1. The van der Waals surface area contributed by atoms with Crippen molar-refractivity contribution in [3.8, 4) is 0 Å². The van der Waals surface area contributed by atoms with Crippen molar-refractivity contribution >= 4 is 5.91 Å². The third kappa shape index (κ3) is 6.15. The monoisotopic (exact) mass is 393 g/mol. The van der Waals surface area contributed by atoms with Crippen LogP contribution in [0.2, 0.25) is 0 Å². The number of piperidine rings is 1. The van der Waals surface area contributed by atoms with Gasteiger partial charge in [-0.25, -0.2) is 0 Å². The molecule has 0 spiro atoms. The molecule has 0 bridgehead atoms. The molecule has 1 heterocycles. The summed E-state index contributed by atoms with van der Waals surface area (Å²) in [5.74, 6) is 0.00242. The summed E-state index contributed by atoms with van der Waals surface area (Å²) < 4.78 is 0. The predicted octanol–water partition coefficient (Wildman–Crippen LogP) is 4.49. The van der Waals surface area contributed by atoms with Crippen molar-refractivity contribution in [2.24, 2.45) is 0 Å². The summed E-state index contributed by atoms with van der Waals surface area (Å²) in [6, 6.07) is 18.8. The van der Waals surface area contributed by atoms with Crippen molar-refractivity contribution in [3.05, 3.63) is 71.3 Å². The number of benzene rings is 2. The van der Waals surface area contributed by atoms with E-state index in [0.29, 0.717) is 6.54 Å². The van der Waals surface area contributed by atoms with E-state index in [1.807, 2.05) is 18.2 Å². The van der Waals surface area contributed by atoms with Crippen LogP contribution < -0.4 is 5.32 Å². The van der Waals surface area contributed by atoms with Gasteiger partial charge in [-0.1, -0.05) is 62.7 Å². The molecule has 2 aromatic carbocycles. The summed E-state index contributed by atoms with van der Waals surface area (Å²) in [4.78, 5) is 17.6. The van der Waals surface area contributed by atoms with Crippen LogP contribution in [0.4, 0.5) is 0 Å². The van der Waals surface area contributed by atoms with E-state index < -0.39 is 0 Å². The molecule has 1 fully saturated rings. The van der Waals surface area contributed by atoms with Gasteiger partial charge < -0.3 is 5.32 Å². The molecule has 1 aliphatic heterocycles. The molecule has 0 aliphatic carbocycles. The Kier molecular flexibility index (Phi) is 8.26. The van der Waals surface area contributed by atoms with E-state index in [1.54, 1.807) is 0 Å². The van der Waals surface area contributed by atoms with Gasteiger partial charge in [0, 0.05) is 18.7 Å². The number of likely N-dealkylation sites (N-methyl/N-ethyl adjacent to an activating group) is 1. The van der Waals surface area contributed by atoms with Crippen LogP contribution in [0.3, 0.4) is 0 Å². The lowest BCUT2D eigenvalue weighted by Crippen LogP contribution is -2.38. The molecule has 1 aliphatic rings. The molecule has 1 amide bonds. The summed E-state index contributed by atoms with van der Waals surface area (Å²) in [7, 11) is 0. The van der Waals surface area contributed by atoms with Crippen molar-refractivity contribution in [2.45, 2.75) is 45.7 Å². The minimum absolute atomic E-state index is 0.00242. The van der Waals surface area contributed by atoms with Crippen LogP contribution in [-0.2, 0) is 6.54 Å². The largest absolute Gasteiger partial charge is 0.350 e. The Balaban J connectivity index is 1.59. The molecule has 4 heteroatoms. The molecule has 1 atom stereocenters. The van der Waals surface area contributed by atoms with Gasteiger partial charge >= 0.3 is 0 Å². The lowest BCUT2D eigenvalue weighted by Gasteiger charge is -2.30. The normalized spacial score (nSPS) is 16.0. The Labute approximate surface area is 175 Å². The first-order valence-corrected chi connectivity index (χ1v) is 11.1. The van der Waals surface area contributed by atoms with Gasteiger partial charge in [0.15, 0.2) is 0 Å². The topological polar surface area (TPSA) is 35.6 Å². The van der Waals surface area contributed by atoms with Gasteiger partial charge in [0.05, 0.1) is 6.04 Å². The Morgan fingerprint density at radius 2 is 1.62 bits per heavy atom. The summed E-state index contributed by atoms with van der Waals surface area (Å²) >= 11 is 0. The first-order chi connectivity index (χ1) is 14.2. The second kappa shape index (κ2) is 11.1. The highest BCUT2D eigenvalue weighted by Crippen LogP contribution is 2.20. The fourth-order valence-corrected chi connectivity index (χ4v) is 4.23. The molecular weight excluding hydrogens is 358 g/mol. The number of carbonyl (C=O) groups is 1. The van der Waals surface area contributed by atoms with Crippen molar-refractivity contribution < 1.29 is 4.79 Å². The van der Waals surface area contributed by atoms with Crippen LogP contribution in [0.1, 0.15) is 60.6 Å². The molecule has 1 saturated heterocycles. The molecule has 29 heavy (non-hydrogen) atoms. The van der Waals surface area contributed by atoms with Gasteiger partial charge in [0.25, 0.3) is 5.91 Å². The maximum atomic E-state index is 12.7. The van der Waals surface area contributed by atoms with Crippen LogP contribution in [0.15, 0.2) is 54.6 Å². The first kappa shape index (κ1) is 21.5. The van der Waals surface area contributed by atoms with E-state index in [-0.39, 0.29) is 11.9 Å². The van der Waals surface area contributed by atoms with E-state index >= 15 is 0 Å². The van der Waals surface area contributed by atoms with Crippen LogP contribution in [0, 0.1) is 0 Å². The zero-order valence-corrected chi connectivity index (χ0v) is 17.9. The number of carbonyl (C=O) groups excluding carboxylic acids is 1. The number of rotatable bonds is 9. The lowest BCUT2D eigenvalue weighted by molar-refractivity contribution is 0.0935. The third-order valence-electron chi connectivity index (χ3n) is 5.96. The summed E-state index contributed by atoms with van der Waals surface area (Å²) in [5, 5.41) is 3.16. The van der Waals surface area contributed by atoms with Crippen molar-refractivity contribution in [2.75, 3.05) is 32.7 Å². The van der Waals surface area contributed by atoms with E-state index in [0.717, 1.165) is 25.2 Å². The molecule has 1 N–H and O–H groups in total. The zero-order chi connectivity index (χ0) is 20.5. The molecule has 1 unspecified atom stereocenters. The fraction of sp³-hybridized carbons (Fsp3) is 0.480. The second-order valence-corrected chi connectivity index (χ2v) is 7.89. The first-order valence-electron chi connectivity index (χ1n) is 11.1. The average Bonchev–Trinajstić information content (AvgIpc) is 2.78. The molecule has 2 aromatic rings. The molecule has 156 valence electrons. The molecule has 0 saturated carbocycles. The maximum Gasteiger partial charge on any atom is 0.251 e. The smallest absolute Gasteiger partial charge is 0.251 e. The molecule has 4 nitrogen and oxygen atoms in total. The Morgan fingerprint density at radius 3 is 2.24 bits per heavy atom. The number of nitrogens with one attached hydrogen (secondary N) is 1. The predicted molar refractivity (Wildman–Crippen MR) is 120 cm³/mol. The third-order valence-corrected chi connectivity index (χ3v) is 5.96. The minimum Gasteiger partial charge on any atom is -0.350 e. The van der Waals surface area contributed by atoms with E-state index in [9.17, 15) is 4.79 Å². The summed E-state index contributed by atoms with van der Waals surface area (Å²) in [6.07, 6.45) is 3.96. The van der Waals surface area contributed by atoms with Crippen LogP contribution in [0.5, 0.6) is 0 Å². The van der Waals surface area contributed by atoms with Crippen LogP contribution in [-0.4, -0.2) is 48.4 Å². The molecule has 3 rings (SSSR count). The van der Waals surface area contributed by atoms with Crippen LogP contribution in [0.25, 0.3) is 0 Å². The highest BCUT2D eigenvalue weighted by Gasteiger charge is 2.19. The van der Waals surface area contributed by atoms with E-state index in [2.05, 4.69) is 65.4 Å². The number of amides is 1. The van der Waals surface area contributed by atoms with Gasteiger partial charge in [-0.05, 0) is 62.3 Å². The fourth-order valence-electron chi connectivity index (χ4n) is 4.23. The van der Waals surface area contributed by atoms with Crippen LogP contribution >= 0.6 is 0 Å². The average molecular weight is 394 g/mol. The molecule has 0 radical (unpaired) electrons. The number of nitrogens with zero attached hydrogens (tertiary/aromatic N) is 2. The number of hydrogen-bond donors (Lipinski definition) is 1. The van der Waals surface area contributed by atoms with Crippen molar-refractivity contribution in [1.82, 2.24) is 15.1 Å². The van der Waals surface area contributed by atoms with E-state index in [4.69, 9.17) is 0 Å². The molecule has 0 aromatic heterocycles. The highest BCUT2D eigenvalue weighted by molar-refractivity contribution is 5.94. The number of hydrogen-bond acceptors (Lipinski definition) is 3. The van der Waals surface area contributed by atoms with Gasteiger partial charge in [-0.15, -0.1) is 0 Å². The van der Waals surface area contributed by atoms with Gasteiger partial charge in [0.1, 0.15) is 0 Å². The highest BCUT2D eigenvalue weighted by atomic mass is 16.1. The maximum absolute atomic E-state index is 12.7. The summed E-state index contributed by atoms with van der Waals surface area (Å²) in [5.41, 5.74) is 3.26. The lowest BCUT2D eigenvalue weighted by atomic mass is 10.0. The Bertz CT molecular complexity index is 734. The Morgan fingerprint density at radius 1 is 0.966 bits per heavy atom. The quantitative estimate of drug-likeness (QED) is 0.682. The SMILES string of the molecule is CCN(CC)C(CNC(=O)c1ccc(CN2CCCCC2)cc1)c1ccccc1. The Hall–Kier alpha value is -2.17. The standard InChI is InChI=1S/C25H35N3O/c1-3-28(4-2)24(22-11-7-5-8-12-22)19-26-25(29)23-15-13-21(14-16-23)20-27-17-9-6-10-18-27/h5,7-8,11-16,24H,3-4,6,9-10,17-20H2,1-2H3,(H,26,29). The van der Waals surface area contributed by atoms with Gasteiger partial charge in [-0.3, -0.25) is 14.6 Å². The van der Waals surface area contributed by atoms with Gasteiger partial charge in [-0.2, -0.15) is 0 Å². The van der Waals surface area contributed by atoms with E-state index in [1.165, 1.54) is 43.5 Å².